The van der Waals surface area contributed by atoms with Crippen molar-refractivity contribution in [2.45, 2.75) is 61.1 Å². The summed E-state index contributed by atoms with van der Waals surface area (Å²) < 4.78 is 69.1. The second-order valence-electron chi connectivity index (χ2n) is 13.8. The van der Waals surface area contributed by atoms with E-state index >= 15 is 8.78 Å². The molecule has 1 aliphatic heterocycles. The predicted octanol–water partition coefficient (Wildman–Crippen LogP) is 6.73. The number of likely N-dealkylation sites (tertiary alicyclic amines) is 1. The molecule has 4 aromatic rings. The quantitative estimate of drug-likeness (QED) is 0.203. The molecule has 1 spiro atoms. The van der Waals surface area contributed by atoms with Crippen LogP contribution in [0, 0.1) is 17.3 Å². The van der Waals surface area contributed by atoms with Gasteiger partial charge in [-0.2, -0.15) is 13.5 Å². The maximum absolute atomic E-state index is 16.6. The summed E-state index contributed by atoms with van der Waals surface area (Å²) in [5, 5.41) is 1.91. The summed E-state index contributed by atoms with van der Waals surface area (Å²) in [6.45, 7) is 0.523. The number of hydrogen-bond acceptors (Lipinski definition) is 5. The van der Waals surface area contributed by atoms with Crippen LogP contribution in [0.2, 0.25) is 5.02 Å². The van der Waals surface area contributed by atoms with Crippen molar-refractivity contribution in [3.8, 4) is 16.9 Å². The predicted molar refractivity (Wildman–Crippen MR) is 180 cm³/mol. The van der Waals surface area contributed by atoms with Crippen LogP contribution in [0.1, 0.15) is 37.7 Å². The van der Waals surface area contributed by atoms with E-state index in [2.05, 4.69) is 4.72 Å². The number of rotatable bonds is 9. The lowest BCUT2D eigenvalue weighted by atomic mass is 9.96. The topological polar surface area (TPSA) is 102 Å². The molecule has 8 rings (SSSR count). The van der Waals surface area contributed by atoms with Crippen LogP contribution in [0.4, 0.5) is 8.78 Å². The van der Waals surface area contributed by atoms with E-state index in [-0.39, 0.29) is 47.4 Å². The van der Waals surface area contributed by atoms with Gasteiger partial charge >= 0.3 is 0 Å². The van der Waals surface area contributed by atoms with Crippen molar-refractivity contribution in [3.63, 3.8) is 0 Å². The summed E-state index contributed by atoms with van der Waals surface area (Å²) >= 11 is 6.00. The van der Waals surface area contributed by atoms with Crippen LogP contribution in [0.5, 0.6) is 5.75 Å². The minimum absolute atomic E-state index is 0.0267. The van der Waals surface area contributed by atoms with E-state index in [0.29, 0.717) is 21.7 Å². The van der Waals surface area contributed by atoms with Crippen LogP contribution in [0.25, 0.3) is 21.9 Å². The highest BCUT2D eigenvalue weighted by molar-refractivity contribution is 7.89. The first-order chi connectivity index (χ1) is 23.0. The van der Waals surface area contributed by atoms with Crippen LogP contribution < -0.4 is 15.2 Å². The largest absolute Gasteiger partial charge is 0.490 e. The highest BCUT2D eigenvalue weighted by Gasteiger charge is 2.79. The van der Waals surface area contributed by atoms with Crippen molar-refractivity contribution in [1.82, 2.24) is 9.62 Å². The van der Waals surface area contributed by atoms with Gasteiger partial charge in [0.05, 0.1) is 11.0 Å². The van der Waals surface area contributed by atoms with Gasteiger partial charge in [0.15, 0.2) is 6.04 Å². The third-order valence-corrected chi connectivity index (χ3v) is 12.7. The van der Waals surface area contributed by atoms with Crippen molar-refractivity contribution in [3.05, 3.63) is 95.5 Å². The molecule has 1 saturated heterocycles. The average molecular weight is 692 g/mol. The van der Waals surface area contributed by atoms with E-state index in [1.54, 1.807) is 42.5 Å². The zero-order chi connectivity index (χ0) is 33.4. The van der Waals surface area contributed by atoms with Crippen molar-refractivity contribution in [1.29, 1.82) is 0 Å². The molecule has 0 radical (unpaired) electrons. The van der Waals surface area contributed by atoms with E-state index in [1.807, 2.05) is 6.07 Å². The number of nitrogens with one attached hydrogen (secondary N) is 1. The fraction of sp³-hybridized carbons (Fsp3) is 0.378. The van der Waals surface area contributed by atoms with Crippen molar-refractivity contribution in [2.24, 2.45) is 23.0 Å². The first-order valence-corrected chi connectivity index (χ1v) is 18.3. The summed E-state index contributed by atoms with van der Waals surface area (Å²) in [4.78, 5) is 15.2. The fourth-order valence-electron chi connectivity index (χ4n) is 8.10. The Morgan fingerprint density at radius 1 is 0.938 bits per heavy atom. The van der Waals surface area contributed by atoms with E-state index in [0.717, 1.165) is 43.1 Å². The fourth-order valence-corrected chi connectivity index (χ4v) is 9.45. The van der Waals surface area contributed by atoms with Crippen LogP contribution in [-0.2, 0) is 20.7 Å². The van der Waals surface area contributed by atoms with Gasteiger partial charge < -0.3 is 15.4 Å². The normalized spacial score (nSPS) is 25.8. The molecule has 7 nitrogen and oxygen atoms in total. The molecule has 4 aromatic carbocycles. The van der Waals surface area contributed by atoms with E-state index < -0.39 is 33.5 Å². The Hall–Kier alpha value is -3.57. The zero-order valence-corrected chi connectivity index (χ0v) is 27.7. The molecule has 3 aliphatic carbocycles. The molecule has 11 heteroatoms. The molecule has 4 fully saturated rings. The summed E-state index contributed by atoms with van der Waals surface area (Å²) in [6.07, 6.45) is 5.32. The molecule has 5 atom stereocenters. The van der Waals surface area contributed by atoms with E-state index in [1.165, 1.54) is 41.3 Å². The minimum Gasteiger partial charge on any atom is -0.490 e. The second-order valence-corrected chi connectivity index (χ2v) is 16.0. The van der Waals surface area contributed by atoms with Crippen LogP contribution in [-0.4, -0.2) is 50.5 Å². The number of benzene rings is 4. The number of ether oxygens (including phenoxy) is 1. The summed E-state index contributed by atoms with van der Waals surface area (Å²) in [5.74, 6) is -3.93. The third-order valence-electron chi connectivity index (χ3n) is 11.0. The number of amides is 1. The highest BCUT2D eigenvalue weighted by atomic mass is 35.5. The summed E-state index contributed by atoms with van der Waals surface area (Å²) in [5.41, 5.74) is 7.29. The lowest BCUT2D eigenvalue weighted by molar-refractivity contribution is -0.145. The Balaban J connectivity index is 1.09. The number of carbonyl (C=O) groups excluding carboxylic acids is 1. The molecule has 1 amide bonds. The maximum Gasteiger partial charge on any atom is 0.298 e. The molecular weight excluding hydrogens is 656 g/mol. The Labute approximate surface area is 283 Å². The van der Waals surface area contributed by atoms with Crippen molar-refractivity contribution >= 4 is 38.3 Å². The number of alkyl halides is 2. The number of sulfonamides is 1. The van der Waals surface area contributed by atoms with Crippen molar-refractivity contribution < 1.29 is 26.7 Å². The van der Waals surface area contributed by atoms with Gasteiger partial charge in [-0.25, -0.2) is 8.42 Å². The van der Waals surface area contributed by atoms with Crippen molar-refractivity contribution in [2.75, 3.05) is 13.1 Å². The van der Waals surface area contributed by atoms with Gasteiger partial charge in [-0.05, 0) is 108 Å². The first-order valence-electron chi connectivity index (χ1n) is 16.5. The van der Waals surface area contributed by atoms with Gasteiger partial charge in [0.2, 0.25) is 15.9 Å². The molecule has 3 saturated carbocycles. The molecule has 250 valence electrons. The van der Waals surface area contributed by atoms with Crippen LogP contribution in [0.3, 0.4) is 0 Å². The lowest BCUT2D eigenvalue weighted by Gasteiger charge is -2.34. The SMILES string of the molecule is NC1C2CN(C(=O)[C@@H](NS(=O)(=O)c3ccc4cc(OC5CCCC5)ccc4c3)C(F)(F)c3ccc(-c4ccc(Cl)cc4)cc3)CC3CC312. The van der Waals surface area contributed by atoms with Gasteiger partial charge in [0.25, 0.3) is 5.92 Å². The standard InChI is InChI=1S/C37H36ClF2N3O4S/c38-28-13-7-23(8-14-28)22-5-11-26(12-6-22)37(39,40)34(35(44)43-20-27-19-36(27)32(21-43)33(36)41)42-48(45,46)31-16-10-24-17-30(15-9-25(24)18-31)47-29-3-1-2-4-29/h5-18,27,29,32-34,42H,1-4,19-21,41H2/t27?,32?,33?,34-,36?/m1/s1. The van der Waals surface area contributed by atoms with Gasteiger partial charge in [-0.15, -0.1) is 0 Å². The number of piperidine rings is 1. The average Bonchev–Trinajstić information content (AvgIpc) is 3.86. The van der Waals surface area contributed by atoms with Crippen LogP contribution >= 0.6 is 11.6 Å². The minimum atomic E-state index is -4.57. The highest BCUT2D eigenvalue weighted by Crippen LogP contribution is 2.75. The molecule has 0 bridgehead atoms. The third kappa shape index (κ3) is 5.47. The summed E-state index contributed by atoms with van der Waals surface area (Å²) in [6, 6.07) is 19.9. The number of fused-ring (bicyclic) bond motifs is 1. The zero-order valence-electron chi connectivity index (χ0n) is 26.1. The Bertz CT molecular complexity index is 2000. The Kier molecular flexibility index (Phi) is 7.60. The lowest BCUT2D eigenvalue weighted by Crippen LogP contribution is -2.57. The molecule has 4 unspecified atom stereocenters. The van der Waals surface area contributed by atoms with Gasteiger partial charge in [-0.1, -0.05) is 60.1 Å². The molecular formula is C37H36ClF2N3O4S. The van der Waals surface area contributed by atoms with Crippen LogP contribution in [0.15, 0.2) is 89.8 Å². The molecule has 4 aliphatic rings. The van der Waals surface area contributed by atoms with Gasteiger partial charge in [0.1, 0.15) is 5.75 Å². The number of carbonyl (C=O) groups is 1. The summed E-state index contributed by atoms with van der Waals surface area (Å²) in [7, 11) is -4.57. The molecule has 0 aromatic heterocycles. The maximum atomic E-state index is 16.6. The molecule has 3 N–H and O–H groups in total. The van der Waals surface area contributed by atoms with Gasteiger partial charge in [0, 0.05) is 29.7 Å². The first kappa shape index (κ1) is 31.7. The molecule has 1 heterocycles. The Morgan fingerprint density at radius 2 is 1.58 bits per heavy atom. The number of halogens is 3. The molecule has 48 heavy (non-hydrogen) atoms. The monoisotopic (exact) mass is 691 g/mol. The Morgan fingerprint density at radius 3 is 2.27 bits per heavy atom. The van der Waals surface area contributed by atoms with E-state index in [9.17, 15) is 13.2 Å². The number of nitrogens with two attached hydrogens (primary N) is 1. The second kappa shape index (κ2) is 11.5. The number of nitrogens with zero attached hydrogens (tertiary/aromatic N) is 1. The van der Waals surface area contributed by atoms with E-state index in [4.69, 9.17) is 22.1 Å². The van der Waals surface area contributed by atoms with Gasteiger partial charge in [-0.3, -0.25) is 4.79 Å². The smallest absolute Gasteiger partial charge is 0.298 e. The number of hydrogen-bond donors (Lipinski definition) is 2.